The molecule has 1 aliphatic rings. The lowest BCUT2D eigenvalue weighted by Crippen LogP contribution is -2.50. The molecule has 0 spiro atoms. The third-order valence-corrected chi connectivity index (χ3v) is 4.76. The number of rotatable bonds is 6. The molecule has 1 aromatic rings. The van der Waals surface area contributed by atoms with E-state index in [1.54, 1.807) is 6.07 Å². The Kier molecular flexibility index (Phi) is 5.34. The zero-order valence-electron chi connectivity index (χ0n) is 13.0. The van der Waals surface area contributed by atoms with Crippen LogP contribution in [-0.2, 0) is 4.79 Å². The van der Waals surface area contributed by atoms with Gasteiger partial charge in [0, 0.05) is 38.1 Å². The molecule has 0 unspecified atom stereocenters. The van der Waals surface area contributed by atoms with Crippen molar-refractivity contribution in [1.29, 1.82) is 0 Å². The summed E-state index contributed by atoms with van der Waals surface area (Å²) in [6.45, 7) is 8.34. The maximum atomic E-state index is 13.8. The molecular formula is C17H25FN2O. The summed E-state index contributed by atoms with van der Waals surface area (Å²) in [5.41, 5.74) is 0.463. The van der Waals surface area contributed by atoms with Crippen LogP contribution in [0.25, 0.3) is 0 Å². The molecule has 1 fully saturated rings. The van der Waals surface area contributed by atoms with Crippen LogP contribution in [0, 0.1) is 11.2 Å². The topological polar surface area (TPSA) is 23.6 Å². The van der Waals surface area contributed by atoms with Crippen LogP contribution < -0.4 is 4.90 Å². The smallest absolute Gasteiger partial charge is 0.146 e. The van der Waals surface area contributed by atoms with Gasteiger partial charge in [-0.2, -0.15) is 0 Å². The van der Waals surface area contributed by atoms with Crippen LogP contribution in [0.2, 0.25) is 0 Å². The van der Waals surface area contributed by atoms with E-state index < -0.39 is 0 Å². The molecule has 2 rings (SSSR count). The van der Waals surface area contributed by atoms with Gasteiger partial charge in [-0.15, -0.1) is 0 Å². The van der Waals surface area contributed by atoms with Gasteiger partial charge >= 0.3 is 0 Å². The molecule has 0 aromatic heterocycles. The van der Waals surface area contributed by atoms with Crippen molar-refractivity contribution in [2.24, 2.45) is 5.41 Å². The number of carbonyl (C=O) groups excluding carboxylic acids is 1. The largest absolute Gasteiger partial charge is 0.367 e. The van der Waals surface area contributed by atoms with E-state index >= 15 is 0 Å². The number of piperazine rings is 1. The van der Waals surface area contributed by atoms with Gasteiger partial charge in [-0.3, -0.25) is 4.90 Å². The van der Waals surface area contributed by atoms with E-state index in [2.05, 4.69) is 23.6 Å². The van der Waals surface area contributed by atoms with Gasteiger partial charge in [-0.1, -0.05) is 26.0 Å². The fourth-order valence-electron chi connectivity index (χ4n) is 2.98. The molecule has 1 aliphatic heterocycles. The number of benzene rings is 1. The lowest BCUT2D eigenvalue weighted by molar-refractivity contribution is -0.117. The number of carbonyl (C=O) groups is 1. The summed E-state index contributed by atoms with van der Waals surface area (Å²) in [6, 6.07) is 6.93. The number of para-hydroxylation sites is 1. The first-order valence-electron chi connectivity index (χ1n) is 7.82. The molecule has 0 radical (unpaired) electrons. The standard InChI is InChI=1S/C17H25FN2O/c1-3-17(4-2,14-21)13-19-9-11-20(12-10-19)16-8-6-5-7-15(16)18/h5-8,14H,3-4,9-13H2,1-2H3. The van der Waals surface area contributed by atoms with Crippen molar-refractivity contribution in [1.82, 2.24) is 4.90 Å². The van der Waals surface area contributed by atoms with E-state index in [-0.39, 0.29) is 11.2 Å². The molecule has 21 heavy (non-hydrogen) atoms. The van der Waals surface area contributed by atoms with Crippen LogP contribution in [0.5, 0.6) is 0 Å². The van der Waals surface area contributed by atoms with Crippen molar-refractivity contribution in [2.45, 2.75) is 26.7 Å². The number of nitrogens with zero attached hydrogens (tertiary/aromatic N) is 2. The summed E-state index contributed by atoms with van der Waals surface area (Å²) in [5, 5.41) is 0. The lowest BCUT2D eigenvalue weighted by Gasteiger charge is -2.40. The lowest BCUT2D eigenvalue weighted by atomic mass is 9.83. The molecular weight excluding hydrogens is 267 g/mol. The fourth-order valence-corrected chi connectivity index (χ4v) is 2.98. The predicted octanol–water partition coefficient (Wildman–Crippen LogP) is 2.95. The van der Waals surface area contributed by atoms with Crippen molar-refractivity contribution in [3.8, 4) is 0 Å². The van der Waals surface area contributed by atoms with Gasteiger partial charge in [0.25, 0.3) is 0 Å². The Bertz CT molecular complexity index is 466. The van der Waals surface area contributed by atoms with Crippen molar-refractivity contribution in [3.05, 3.63) is 30.1 Å². The number of halogens is 1. The second-order valence-corrected chi connectivity index (χ2v) is 5.90. The minimum absolute atomic E-state index is 0.157. The van der Waals surface area contributed by atoms with Crippen LogP contribution in [0.3, 0.4) is 0 Å². The molecule has 0 aliphatic carbocycles. The van der Waals surface area contributed by atoms with E-state index in [0.717, 1.165) is 51.9 Å². The number of hydrogen-bond acceptors (Lipinski definition) is 3. The van der Waals surface area contributed by atoms with E-state index in [1.807, 2.05) is 12.1 Å². The Balaban J connectivity index is 1.95. The highest BCUT2D eigenvalue weighted by molar-refractivity contribution is 5.59. The summed E-state index contributed by atoms with van der Waals surface area (Å²) in [7, 11) is 0. The predicted molar refractivity (Wildman–Crippen MR) is 84.1 cm³/mol. The maximum absolute atomic E-state index is 13.8. The molecule has 1 saturated heterocycles. The maximum Gasteiger partial charge on any atom is 0.146 e. The molecule has 0 saturated carbocycles. The molecule has 0 atom stereocenters. The van der Waals surface area contributed by atoms with Gasteiger partial charge in [0.05, 0.1) is 5.69 Å². The Morgan fingerprint density at radius 1 is 1.14 bits per heavy atom. The third-order valence-electron chi connectivity index (χ3n) is 4.76. The highest BCUT2D eigenvalue weighted by atomic mass is 19.1. The van der Waals surface area contributed by atoms with Crippen molar-refractivity contribution >= 4 is 12.0 Å². The van der Waals surface area contributed by atoms with Gasteiger partial charge in [0.15, 0.2) is 0 Å². The first kappa shape index (κ1) is 16.0. The average Bonchev–Trinajstić information content (AvgIpc) is 2.54. The van der Waals surface area contributed by atoms with Crippen LogP contribution in [0.1, 0.15) is 26.7 Å². The Morgan fingerprint density at radius 3 is 2.29 bits per heavy atom. The van der Waals surface area contributed by atoms with Crippen molar-refractivity contribution in [3.63, 3.8) is 0 Å². The van der Waals surface area contributed by atoms with E-state index in [4.69, 9.17) is 0 Å². The SMILES string of the molecule is CCC(C=O)(CC)CN1CCN(c2ccccc2F)CC1. The number of aldehydes is 1. The zero-order valence-corrected chi connectivity index (χ0v) is 13.0. The van der Waals surface area contributed by atoms with Crippen molar-refractivity contribution < 1.29 is 9.18 Å². The van der Waals surface area contributed by atoms with Gasteiger partial charge in [-0.25, -0.2) is 4.39 Å². The zero-order chi connectivity index (χ0) is 15.3. The summed E-state index contributed by atoms with van der Waals surface area (Å²) >= 11 is 0. The molecule has 1 aromatic carbocycles. The van der Waals surface area contributed by atoms with E-state index in [0.29, 0.717) is 5.69 Å². The highest BCUT2D eigenvalue weighted by Crippen LogP contribution is 2.26. The van der Waals surface area contributed by atoms with Crippen molar-refractivity contribution in [2.75, 3.05) is 37.6 Å². The summed E-state index contributed by atoms with van der Waals surface area (Å²) in [5.74, 6) is -0.157. The number of anilines is 1. The molecule has 0 amide bonds. The van der Waals surface area contributed by atoms with Crippen LogP contribution >= 0.6 is 0 Å². The first-order valence-corrected chi connectivity index (χ1v) is 7.82. The minimum atomic E-state index is -0.222. The molecule has 0 bridgehead atoms. The molecule has 4 heteroatoms. The first-order chi connectivity index (χ1) is 10.1. The quantitative estimate of drug-likeness (QED) is 0.753. The van der Waals surface area contributed by atoms with Gasteiger partial charge < -0.3 is 9.69 Å². The normalized spacial score (nSPS) is 17.0. The Hall–Kier alpha value is -1.42. The number of hydrogen-bond donors (Lipinski definition) is 0. The van der Waals surface area contributed by atoms with Crippen LogP contribution in [0.15, 0.2) is 24.3 Å². The molecule has 1 heterocycles. The average molecular weight is 292 g/mol. The van der Waals surface area contributed by atoms with Gasteiger partial charge in [0.1, 0.15) is 12.1 Å². The molecule has 3 nitrogen and oxygen atoms in total. The second kappa shape index (κ2) is 7.03. The Labute approximate surface area is 126 Å². The second-order valence-electron chi connectivity index (χ2n) is 5.90. The highest BCUT2D eigenvalue weighted by Gasteiger charge is 2.30. The minimum Gasteiger partial charge on any atom is -0.367 e. The fraction of sp³-hybridized carbons (Fsp3) is 0.588. The monoisotopic (exact) mass is 292 g/mol. The summed E-state index contributed by atoms with van der Waals surface area (Å²) < 4.78 is 13.8. The van der Waals surface area contributed by atoms with Crippen LogP contribution in [0.4, 0.5) is 10.1 Å². The molecule has 116 valence electrons. The summed E-state index contributed by atoms with van der Waals surface area (Å²) in [6.07, 6.45) is 2.87. The van der Waals surface area contributed by atoms with Crippen LogP contribution in [-0.4, -0.2) is 43.9 Å². The van der Waals surface area contributed by atoms with Gasteiger partial charge in [-0.05, 0) is 25.0 Å². The van der Waals surface area contributed by atoms with E-state index in [1.165, 1.54) is 6.07 Å². The van der Waals surface area contributed by atoms with Gasteiger partial charge in [0.2, 0.25) is 0 Å². The van der Waals surface area contributed by atoms with E-state index in [9.17, 15) is 9.18 Å². The summed E-state index contributed by atoms with van der Waals surface area (Å²) in [4.78, 5) is 15.8. The molecule has 0 N–H and O–H groups in total. The Morgan fingerprint density at radius 2 is 1.76 bits per heavy atom. The third kappa shape index (κ3) is 3.62.